The highest BCUT2D eigenvalue weighted by Crippen LogP contribution is 2.36. The number of rotatable bonds is 3. The van der Waals surface area contributed by atoms with Crippen LogP contribution in [-0.4, -0.2) is 31.2 Å². The summed E-state index contributed by atoms with van der Waals surface area (Å²) in [4.78, 5) is 4.84. The monoisotopic (exact) mass is 292 g/mol. The normalized spacial score (nSPS) is 24.8. The summed E-state index contributed by atoms with van der Waals surface area (Å²) in [5.41, 5.74) is 0.962. The fraction of sp³-hybridized carbons (Fsp3) is 0.533. The highest BCUT2D eigenvalue weighted by Gasteiger charge is 2.30. The first kappa shape index (κ1) is 13.6. The minimum absolute atomic E-state index is 0.520. The molecule has 1 aromatic rings. The maximum atomic E-state index is 5.29. The Morgan fingerprint density at radius 2 is 1.90 bits per heavy atom. The minimum Gasteiger partial charge on any atom is -0.497 e. The van der Waals surface area contributed by atoms with Gasteiger partial charge in [-0.05, 0) is 18.8 Å². The molecule has 1 N–H and O–H groups in total. The predicted octanol–water partition coefficient (Wildman–Crippen LogP) is 3.39. The largest absolute Gasteiger partial charge is 0.497 e. The van der Waals surface area contributed by atoms with Gasteiger partial charge in [-0.15, -0.1) is 0 Å². The molecule has 0 amide bonds. The first-order chi connectivity index (χ1) is 9.78. The fourth-order valence-corrected chi connectivity index (χ4v) is 3.99. The van der Waals surface area contributed by atoms with Crippen molar-refractivity contribution >= 4 is 22.6 Å². The van der Waals surface area contributed by atoms with Crippen molar-refractivity contribution < 1.29 is 9.47 Å². The van der Waals surface area contributed by atoms with Gasteiger partial charge in [0.05, 0.1) is 20.3 Å². The van der Waals surface area contributed by atoms with E-state index in [0.717, 1.165) is 28.3 Å². The molecule has 1 aromatic carbocycles. The molecule has 4 nitrogen and oxygen atoms in total. The molecule has 1 heterocycles. The molecule has 1 aliphatic heterocycles. The third-order valence-electron chi connectivity index (χ3n) is 3.94. The molecule has 108 valence electrons. The first-order valence-corrected chi connectivity index (χ1v) is 7.98. The van der Waals surface area contributed by atoms with Crippen LogP contribution in [0.5, 0.6) is 11.5 Å². The van der Waals surface area contributed by atoms with Crippen LogP contribution in [0.4, 0.5) is 5.69 Å². The second-order valence-electron chi connectivity index (χ2n) is 5.23. The van der Waals surface area contributed by atoms with Crippen molar-refractivity contribution in [2.24, 2.45) is 10.9 Å². The number of nitrogens with one attached hydrogen (secondary N) is 1. The quantitative estimate of drug-likeness (QED) is 0.927. The number of aliphatic imine (C=N–C) groups is 1. The van der Waals surface area contributed by atoms with Crippen molar-refractivity contribution in [2.45, 2.75) is 25.3 Å². The van der Waals surface area contributed by atoms with Crippen LogP contribution in [0.25, 0.3) is 0 Å². The molecule has 0 saturated heterocycles. The van der Waals surface area contributed by atoms with Crippen LogP contribution in [0, 0.1) is 5.92 Å². The van der Waals surface area contributed by atoms with Gasteiger partial charge in [-0.2, -0.15) is 0 Å². The van der Waals surface area contributed by atoms with E-state index in [1.807, 2.05) is 30.0 Å². The van der Waals surface area contributed by atoms with E-state index in [4.69, 9.17) is 14.5 Å². The fourth-order valence-electron chi connectivity index (χ4n) is 2.83. The van der Waals surface area contributed by atoms with Crippen molar-refractivity contribution in [3.05, 3.63) is 18.2 Å². The lowest BCUT2D eigenvalue weighted by Crippen LogP contribution is -2.25. The number of thioether (sulfide) groups is 1. The summed E-state index contributed by atoms with van der Waals surface area (Å²) in [5.74, 6) is 3.53. The molecule has 0 aromatic heterocycles. The molecular weight excluding hydrogens is 272 g/mol. The van der Waals surface area contributed by atoms with Crippen LogP contribution in [0.1, 0.15) is 19.3 Å². The van der Waals surface area contributed by atoms with E-state index in [0.29, 0.717) is 6.04 Å². The summed E-state index contributed by atoms with van der Waals surface area (Å²) in [6.45, 7) is 0. The Morgan fingerprint density at radius 3 is 2.60 bits per heavy atom. The molecule has 5 heteroatoms. The van der Waals surface area contributed by atoms with Gasteiger partial charge in [0.1, 0.15) is 11.5 Å². The number of ether oxygens (including phenoxy) is 2. The van der Waals surface area contributed by atoms with E-state index < -0.39 is 0 Å². The van der Waals surface area contributed by atoms with Gasteiger partial charge in [0.2, 0.25) is 0 Å². The summed E-state index contributed by atoms with van der Waals surface area (Å²) < 4.78 is 10.6. The van der Waals surface area contributed by atoms with Crippen molar-refractivity contribution in [3.8, 4) is 11.5 Å². The van der Waals surface area contributed by atoms with E-state index in [2.05, 4.69) is 5.32 Å². The van der Waals surface area contributed by atoms with Gasteiger partial charge in [-0.1, -0.05) is 18.2 Å². The number of amidine groups is 1. The standard InChI is InChI=1S/C15H20N2O2S/c1-18-12-6-11(7-13(8-12)19-2)16-15-17-14-5-3-4-10(14)9-20-15/h6-8,10,14H,3-5,9H2,1-2H3,(H,16,17). The van der Waals surface area contributed by atoms with Gasteiger partial charge in [-0.25, -0.2) is 0 Å². The van der Waals surface area contributed by atoms with E-state index in [9.17, 15) is 0 Å². The Morgan fingerprint density at radius 1 is 1.15 bits per heavy atom. The topological polar surface area (TPSA) is 42.8 Å². The zero-order valence-electron chi connectivity index (χ0n) is 11.9. The lowest BCUT2D eigenvalue weighted by atomic mass is 10.1. The number of hydrogen-bond donors (Lipinski definition) is 1. The highest BCUT2D eigenvalue weighted by molar-refractivity contribution is 8.14. The first-order valence-electron chi connectivity index (χ1n) is 6.99. The number of hydrogen-bond acceptors (Lipinski definition) is 5. The zero-order valence-corrected chi connectivity index (χ0v) is 12.7. The van der Waals surface area contributed by atoms with Gasteiger partial charge < -0.3 is 14.8 Å². The number of methoxy groups -OCH3 is 2. The van der Waals surface area contributed by atoms with E-state index in [1.165, 1.54) is 25.0 Å². The smallest absolute Gasteiger partial charge is 0.161 e. The van der Waals surface area contributed by atoms with Gasteiger partial charge in [0.25, 0.3) is 0 Å². The van der Waals surface area contributed by atoms with Crippen LogP contribution in [-0.2, 0) is 0 Å². The Balaban J connectivity index is 1.77. The number of benzene rings is 1. The van der Waals surface area contributed by atoms with Gasteiger partial charge >= 0.3 is 0 Å². The summed E-state index contributed by atoms with van der Waals surface area (Å²) in [5, 5.41) is 4.41. The summed E-state index contributed by atoms with van der Waals surface area (Å²) in [7, 11) is 3.32. The third kappa shape index (κ3) is 2.87. The van der Waals surface area contributed by atoms with Crippen molar-refractivity contribution in [3.63, 3.8) is 0 Å². The van der Waals surface area contributed by atoms with E-state index in [-0.39, 0.29) is 0 Å². The molecule has 1 aliphatic carbocycles. The van der Waals surface area contributed by atoms with Gasteiger partial charge in [0.15, 0.2) is 5.17 Å². The molecule has 2 atom stereocenters. The Kier molecular flexibility index (Phi) is 4.05. The maximum absolute atomic E-state index is 5.29. The van der Waals surface area contributed by atoms with Crippen LogP contribution in [0.15, 0.2) is 23.2 Å². The molecule has 1 fully saturated rings. The average molecular weight is 292 g/mol. The van der Waals surface area contributed by atoms with Gasteiger partial charge in [0, 0.05) is 29.6 Å². The SMILES string of the molecule is COc1cc(NC2=NC3CCCC3CS2)cc(OC)c1. The lowest BCUT2D eigenvalue weighted by Gasteiger charge is -2.23. The Bertz CT molecular complexity index is 496. The Hall–Kier alpha value is -1.36. The number of nitrogens with zero attached hydrogens (tertiary/aromatic N) is 1. The second-order valence-corrected chi connectivity index (χ2v) is 6.24. The van der Waals surface area contributed by atoms with E-state index in [1.54, 1.807) is 14.2 Å². The predicted molar refractivity (Wildman–Crippen MR) is 84.2 cm³/mol. The van der Waals surface area contributed by atoms with Crippen LogP contribution < -0.4 is 14.8 Å². The molecule has 2 aliphatic rings. The molecule has 0 bridgehead atoms. The third-order valence-corrected chi connectivity index (χ3v) is 5.01. The molecule has 20 heavy (non-hydrogen) atoms. The van der Waals surface area contributed by atoms with Crippen LogP contribution in [0.3, 0.4) is 0 Å². The van der Waals surface area contributed by atoms with Crippen LogP contribution >= 0.6 is 11.8 Å². The number of anilines is 1. The van der Waals surface area contributed by atoms with Crippen molar-refractivity contribution in [2.75, 3.05) is 25.3 Å². The average Bonchev–Trinajstić information content (AvgIpc) is 2.94. The Labute approximate surface area is 123 Å². The van der Waals surface area contributed by atoms with E-state index >= 15 is 0 Å². The summed E-state index contributed by atoms with van der Waals surface area (Å²) in [6, 6.07) is 6.32. The van der Waals surface area contributed by atoms with Crippen molar-refractivity contribution in [1.29, 1.82) is 0 Å². The molecule has 2 unspecified atom stereocenters. The molecular formula is C15H20N2O2S. The molecule has 0 radical (unpaired) electrons. The number of fused-ring (bicyclic) bond motifs is 1. The minimum atomic E-state index is 0.520. The summed E-state index contributed by atoms with van der Waals surface area (Å²) >= 11 is 1.82. The maximum Gasteiger partial charge on any atom is 0.161 e. The lowest BCUT2D eigenvalue weighted by molar-refractivity contribution is 0.395. The highest BCUT2D eigenvalue weighted by atomic mass is 32.2. The summed E-state index contributed by atoms with van der Waals surface area (Å²) in [6.07, 6.45) is 3.89. The molecule has 1 saturated carbocycles. The zero-order chi connectivity index (χ0) is 13.9. The van der Waals surface area contributed by atoms with Crippen LogP contribution in [0.2, 0.25) is 0 Å². The van der Waals surface area contributed by atoms with Gasteiger partial charge in [-0.3, -0.25) is 4.99 Å². The molecule has 0 spiro atoms. The molecule has 3 rings (SSSR count). The second kappa shape index (κ2) is 5.95. The van der Waals surface area contributed by atoms with Crippen molar-refractivity contribution in [1.82, 2.24) is 0 Å².